The monoisotopic (exact) mass is 315 g/mol. The van der Waals surface area contributed by atoms with Gasteiger partial charge in [0.1, 0.15) is 5.02 Å². The van der Waals surface area contributed by atoms with E-state index in [-0.39, 0.29) is 22.7 Å². The maximum atomic E-state index is 12.1. The van der Waals surface area contributed by atoms with Crippen LogP contribution >= 0.6 is 11.6 Å². The fourth-order valence-electron chi connectivity index (χ4n) is 1.79. The quantitative estimate of drug-likeness (QED) is 0.689. The van der Waals surface area contributed by atoms with E-state index < -0.39 is 10.8 Å². The van der Waals surface area contributed by atoms with E-state index in [4.69, 9.17) is 16.9 Å². The summed E-state index contributed by atoms with van der Waals surface area (Å²) in [6.45, 7) is 0. The summed E-state index contributed by atoms with van der Waals surface area (Å²) in [4.78, 5) is 22.3. The molecule has 0 aliphatic carbocycles. The normalized spacial score (nSPS) is 9.82. The van der Waals surface area contributed by atoms with Crippen LogP contribution in [0.25, 0.3) is 0 Å². The summed E-state index contributed by atoms with van der Waals surface area (Å²) in [5.74, 6) is -0.479. The topological polar surface area (TPSA) is 96.0 Å². The zero-order chi connectivity index (χ0) is 16.1. The molecule has 0 heterocycles. The van der Waals surface area contributed by atoms with Crippen LogP contribution in [-0.2, 0) is 6.42 Å². The highest BCUT2D eigenvalue weighted by Gasteiger charge is 2.16. The van der Waals surface area contributed by atoms with E-state index >= 15 is 0 Å². The van der Waals surface area contributed by atoms with E-state index in [0.717, 1.165) is 11.6 Å². The molecule has 110 valence electrons. The number of rotatable bonds is 4. The molecular weight excluding hydrogens is 306 g/mol. The molecule has 0 unspecified atom stereocenters. The van der Waals surface area contributed by atoms with Crippen LogP contribution in [0.4, 0.5) is 11.4 Å². The van der Waals surface area contributed by atoms with Gasteiger partial charge in [0.05, 0.1) is 17.4 Å². The minimum Gasteiger partial charge on any atom is -0.322 e. The molecule has 1 N–H and O–H groups in total. The van der Waals surface area contributed by atoms with Crippen molar-refractivity contribution in [2.75, 3.05) is 5.32 Å². The number of carbonyl (C=O) groups excluding carboxylic acids is 1. The minimum atomic E-state index is -0.643. The molecule has 0 aromatic heterocycles. The van der Waals surface area contributed by atoms with Gasteiger partial charge in [-0.25, -0.2) is 0 Å². The first-order valence-corrected chi connectivity index (χ1v) is 6.60. The number of amides is 1. The number of nitrogens with one attached hydrogen (secondary N) is 1. The zero-order valence-electron chi connectivity index (χ0n) is 11.2. The Kier molecular flexibility index (Phi) is 4.71. The van der Waals surface area contributed by atoms with Gasteiger partial charge < -0.3 is 5.32 Å². The number of halogens is 1. The number of carbonyl (C=O) groups is 1. The summed E-state index contributed by atoms with van der Waals surface area (Å²) in [7, 11) is 0. The molecule has 0 atom stereocenters. The standard InChI is InChI=1S/C15H10ClN3O3/c16-13-6-3-11(9-14(13)19(21)22)15(20)18-12-4-1-10(2-5-12)7-8-17/h1-6,9H,7H2,(H,18,20). The van der Waals surface area contributed by atoms with E-state index in [9.17, 15) is 14.9 Å². The lowest BCUT2D eigenvalue weighted by Gasteiger charge is -2.06. The number of nitrogens with zero attached hydrogens (tertiary/aromatic N) is 2. The van der Waals surface area contributed by atoms with Crippen molar-refractivity contribution < 1.29 is 9.72 Å². The molecule has 1 amide bonds. The lowest BCUT2D eigenvalue weighted by atomic mass is 10.1. The molecule has 0 spiro atoms. The van der Waals surface area contributed by atoms with E-state index in [0.29, 0.717) is 5.69 Å². The Morgan fingerprint density at radius 3 is 2.55 bits per heavy atom. The van der Waals surface area contributed by atoms with Crippen LogP contribution in [0.1, 0.15) is 15.9 Å². The lowest BCUT2D eigenvalue weighted by Crippen LogP contribution is -2.12. The molecule has 0 saturated carbocycles. The summed E-state index contributed by atoms with van der Waals surface area (Å²) in [5, 5.41) is 22.0. The Bertz CT molecular complexity index is 767. The highest BCUT2D eigenvalue weighted by atomic mass is 35.5. The maximum Gasteiger partial charge on any atom is 0.288 e. The van der Waals surface area contributed by atoms with Gasteiger partial charge in [-0.2, -0.15) is 5.26 Å². The largest absolute Gasteiger partial charge is 0.322 e. The summed E-state index contributed by atoms with van der Waals surface area (Å²) >= 11 is 5.70. The molecular formula is C15H10ClN3O3. The number of hydrogen-bond acceptors (Lipinski definition) is 4. The molecule has 7 heteroatoms. The van der Waals surface area contributed by atoms with Gasteiger partial charge in [0.2, 0.25) is 0 Å². The number of anilines is 1. The molecule has 2 rings (SSSR count). The first kappa shape index (κ1) is 15.5. The average molecular weight is 316 g/mol. The zero-order valence-corrected chi connectivity index (χ0v) is 12.0. The first-order chi connectivity index (χ1) is 10.5. The predicted octanol–water partition coefficient (Wildman–Crippen LogP) is 3.57. The highest BCUT2D eigenvalue weighted by Crippen LogP contribution is 2.25. The van der Waals surface area contributed by atoms with Gasteiger partial charge in [-0.3, -0.25) is 14.9 Å². The van der Waals surface area contributed by atoms with E-state index in [1.165, 1.54) is 12.1 Å². The Morgan fingerprint density at radius 2 is 1.95 bits per heavy atom. The second-order valence-corrected chi connectivity index (χ2v) is 4.82. The number of nitro groups is 1. The predicted molar refractivity (Wildman–Crippen MR) is 81.8 cm³/mol. The van der Waals surface area contributed by atoms with Gasteiger partial charge >= 0.3 is 0 Å². The summed E-state index contributed by atoms with van der Waals surface area (Å²) in [6, 6.07) is 12.7. The van der Waals surface area contributed by atoms with Crippen LogP contribution in [0, 0.1) is 21.4 Å². The molecule has 2 aromatic carbocycles. The van der Waals surface area contributed by atoms with E-state index in [1.807, 2.05) is 6.07 Å². The van der Waals surface area contributed by atoms with Gasteiger partial charge in [-0.15, -0.1) is 0 Å². The third kappa shape index (κ3) is 3.59. The fourth-order valence-corrected chi connectivity index (χ4v) is 1.98. The van der Waals surface area contributed by atoms with Crippen molar-refractivity contribution in [2.24, 2.45) is 0 Å². The number of nitriles is 1. The molecule has 0 aliphatic rings. The van der Waals surface area contributed by atoms with Crippen molar-refractivity contribution in [3.8, 4) is 6.07 Å². The van der Waals surface area contributed by atoms with E-state index in [1.54, 1.807) is 24.3 Å². The van der Waals surface area contributed by atoms with Crippen LogP contribution in [0.15, 0.2) is 42.5 Å². The molecule has 0 radical (unpaired) electrons. The summed E-state index contributed by atoms with van der Waals surface area (Å²) in [6.07, 6.45) is 0.289. The lowest BCUT2D eigenvalue weighted by molar-refractivity contribution is -0.384. The maximum absolute atomic E-state index is 12.1. The van der Waals surface area contributed by atoms with Crippen molar-refractivity contribution in [1.29, 1.82) is 5.26 Å². The highest BCUT2D eigenvalue weighted by molar-refractivity contribution is 6.32. The van der Waals surface area contributed by atoms with Crippen LogP contribution in [0.5, 0.6) is 0 Å². The number of nitro benzene ring substituents is 1. The second-order valence-electron chi connectivity index (χ2n) is 4.41. The van der Waals surface area contributed by atoms with Crippen molar-refractivity contribution in [3.63, 3.8) is 0 Å². The van der Waals surface area contributed by atoms with E-state index in [2.05, 4.69) is 5.32 Å². The van der Waals surface area contributed by atoms with Gasteiger partial charge in [0.15, 0.2) is 0 Å². The summed E-state index contributed by atoms with van der Waals surface area (Å²) < 4.78 is 0. The van der Waals surface area contributed by atoms with Gasteiger partial charge in [-0.1, -0.05) is 23.7 Å². The smallest absolute Gasteiger partial charge is 0.288 e. The summed E-state index contributed by atoms with van der Waals surface area (Å²) in [5.41, 5.74) is 1.18. The van der Waals surface area contributed by atoms with Crippen molar-refractivity contribution in [2.45, 2.75) is 6.42 Å². The number of hydrogen-bond donors (Lipinski definition) is 1. The second kappa shape index (κ2) is 6.70. The minimum absolute atomic E-state index is 0.0255. The molecule has 0 saturated heterocycles. The van der Waals surface area contributed by atoms with Gasteiger partial charge in [0.25, 0.3) is 11.6 Å². The Labute approximate surface area is 131 Å². The van der Waals surface area contributed by atoms with Gasteiger partial charge in [0, 0.05) is 17.3 Å². The van der Waals surface area contributed by atoms with Crippen molar-refractivity contribution >= 4 is 28.9 Å². The number of benzene rings is 2. The van der Waals surface area contributed by atoms with Crippen LogP contribution in [0.3, 0.4) is 0 Å². The Balaban J connectivity index is 2.17. The first-order valence-electron chi connectivity index (χ1n) is 6.22. The third-order valence-corrected chi connectivity index (χ3v) is 3.22. The van der Waals surface area contributed by atoms with Crippen LogP contribution < -0.4 is 5.32 Å². The van der Waals surface area contributed by atoms with Crippen molar-refractivity contribution in [1.82, 2.24) is 0 Å². The molecule has 6 nitrogen and oxygen atoms in total. The SMILES string of the molecule is N#CCc1ccc(NC(=O)c2ccc(Cl)c([N+](=O)[O-])c2)cc1. The van der Waals surface area contributed by atoms with Crippen molar-refractivity contribution in [3.05, 3.63) is 68.7 Å². The van der Waals surface area contributed by atoms with Gasteiger partial charge in [-0.05, 0) is 29.8 Å². The molecule has 2 aromatic rings. The molecule has 22 heavy (non-hydrogen) atoms. The average Bonchev–Trinajstić information content (AvgIpc) is 2.49. The Hall–Kier alpha value is -2.91. The molecule has 0 bridgehead atoms. The fraction of sp³-hybridized carbons (Fsp3) is 0.0667. The van der Waals surface area contributed by atoms with Crippen LogP contribution in [0.2, 0.25) is 5.02 Å². The molecule has 0 aliphatic heterocycles. The van der Waals surface area contributed by atoms with Crippen LogP contribution in [-0.4, -0.2) is 10.8 Å². The molecule has 0 fully saturated rings. The third-order valence-electron chi connectivity index (χ3n) is 2.90. The Morgan fingerprint density at radius 1 is 1.27 bits per heavy atom.